The second-order valence-corrected chi connectivity index (χ2v) is 5.07. The van der Waals surface area contributed by atoms with Crippen LogP contribution in [0.1, 0.15) is 10.8 Å². The molecule has 0 amide bonds. The number of allylic oxidation sites excluding steroid dienone is 1. The van der Waals surface area contributed by atoms with Crippen molar-refractivity contribution in [3.05, 3.63) is 59.7 Å². The van der Waals surface area contributed by atoms with E-state index in [1.165, 1.54) is 13.4 Å². The molecule has 0 saturated heterocycles. The Kier molecular flexibility index (Phi) is 5.66. The predicted molar refractivity (Wildman–Crippen MR) is 69.7 cm³/mol. The Balaban J connectivity index is 2.85. The number of hydrogen-bond donors (Lipinski definition) is 1. The first-order valence-corrected chi connectivity index (χ1v) is 6.36. The molecule has 92 valence electrons. The molecular weight excluding hydrogens is 236 g/mol. The Morgan fingerprint density at radius 2 is 2.18 bits per heavy atom. The third kappa shape index (κ3) is 3.84. The number of aliphatic hydroxyl groups excluding tert-OH is 1. The zero-order valence-corrected chi connectivity index (χ0v) is 10.5. The van der Waals surface area contributed by atoms with Crippen molar-refractivity contribution >= 4 is 10.8 Å². The highest BCUT2D eigenvalue weighted by atomic mass is 32.2. The van der Waals surface area contributed by atoms with Gasteiger partial charge in [-0.1, -0.05) is 36.9 Å². The minimum absolute atomic E-state index is 0.184. The summed E-state index contributed by atoms with van der Waals surface area (Å²) in [5, 5.41) is 8.88. The first-order chi connectivity index (χ1) is 8.20. The molecule has 1 rings (SSSR count). The lowest BCUT2D eigenvalue weighted by Gasteiger charge is -2.14. The van der Waals surface area contributed by atoms with Gasteiger partial charge in [-0.2, -0.15) is 0 Å². The van der Waals surface area contributed by atoms with Crippen molar-refractivity contribution in [2.45, 2.75) is 5.25 Å². The van der Waals surface area contributed by atoms with Crippen LogP contribution in [0.25, 0.3) is 0 Å². The van der Waals surface area contributed by atoms with Crippen LogP contribution >= 0.6 is 0 Å². The minimum Gasteiger partial charge on any atom is -0.504 e. The monoisotopic (exact) mass is 252 g/mol. The lowest BCUT2D eigenvalue weighted by molar-refractivity contribution is 0.294. The minimum atomic E-state index is -1.37. The normalized spacial score (nSPS) is 14.5. The standard InChI is InChI=1S/C13H16O3S/c1-11(8-9-16-2)17(15)13(10-14)12-6-4-3-5-7-12/h3-9,13-14H,1,10H2,2H3/b9-8+/t13-,17-/m1/s1. The Labute approximate surface area is 104 Å². The van der Waals surface area contributed by atoms with Crippen molar-refractivity contribution in [3.8, 4) is 0 Å². The van der Waals surface area contributed by atoms with E-state index < -0.39 is 16.0 Å². The molecule has 3 nitrogen and oxygen atoms in total. The lowest BCUT2D eigenvalue weighted by atomic mass is 10.2. The third-order valence-electron chi connectivity index (χ3n) is 2.24. The summed E-state index contributed by atoms with van der Waals surface area (Å²) in [7, 11) is 0.141. The highest BCUT2D eigenvalue weighted by Crippen LogP contribution is 2.23. The van der Waals surface area contributed by atoms with Crippen LogP contribution in [-0.4, -0.2) is 23.0 Å². The van der Waals surface area contributed by atoms with Gasteiger partial charge in [0, 0.05) is 4.91 Å². The van der Waals surface area contributed by atoms with E-state index >= 15 is 0 Å². The first kappa shape index (κ1) is 13.7. The van der Waals surface area contributed by atoms with E-state index in [9.17, 15) is 9.32 Å². The predicted octanol–water partition coefficient (Wildman–Crippen LogP) is 2.14. The Morgan fingerprint density at radius 3 is 2.71 bits per heavy atom. The van der Waals surface area contributed by atoms with Crippen LogP contribution in [0.5, 0.6) is 0 Å². The van der Waals surface area contributed by atoms with Crippen LogP contribution in [-0.2, 0) is 15.5 Å². The van der Waals surface area contributed by atoms with Gasteiger partial charge in [0.15, 0.2) is 0 Å². The van der Waals surface area contributed by atoms with Gasteiger partial charge in [-0.15, -0.1) is 0 Å². The van der Waals surface area contributed by atoms with Gasteiger partial charge in [0.1, 0.15) is 0 Å². The summed E-state index contributed by atoms with van der Waals surface area (Å²) in [4.78, 5) is 0.426. The van der Waals surface area contributed by atoms with Gasteiger partial charge in [0.2, 0.25) is 0 Å². The molecule has 0 heterocycles. The van der Waals surface area contributed by atoms with Crippen LogP contribution in [0, 0.1) is 0 Å². The van der Waals surface area contributed by atoms with E-state index in [1.807, 2.05) is 30.3 Å². The van der Waals surface area contributed by atoms with E-state index in [0.29, 0.717) is 4.91 Å². The zero-order valence-electron chi connectivity index (χ0n) is 9.70. The molecule has 0 aliphatic heterocycles. The van der Waals surface area contributed by atoms with E-state index in [2.05, 4.69) is 6.58 Å². The average molecular weight is 252 g/mol. The van der Waals surface area contributed by atoms with Gasteiger partial charge in [-0.3, -0.25) is 4.21 Å². The second kappa shape index (κ2) is 7.04. The van der Waals surface area contributed by atoms with E-state index in [0.717, 1.165) is 5.56 Å². The Hall–Kier alpha value is -1.39. The fourth-order valence-electron chi connectivity index (χ4n) is 1.36. The number of aliphatic hydroxyl groups is 1. The summed E-state index contributed by atoms with van der Waals surface area (Å²) >= 11 is 0. The average Bonchev–Trinajstić information content (AvgIpc) is 2.38. The smallest absolute Gasteiger partial charge is 0.0874 e. The Morgan fingerprint density at radius 1 is 1.53 bits per heavy atom. The SMILES string of the molecule is C=C(/C=C/OC)[S@@](=O)[C@H](CO)c1ccccc1. The van der Waals surface area contributed by atoms with E-state index in [4.69, 9.17) is 4.74 Å². The molecule has 0 spiro atoms. The molecule has 0 radical (unpaired) electrons. The summed E-state index contributed by atoms with van der Waals surface area (Å²) < 4.78 is 16.9. The fourth-order valence-corrected chi connectivity index (χ4v) is 2.45. The summed E-state index contributed by atoms with van der Waals surface area (Å²) in [6.07, 6.45) is 2.96. The number of benzene rings is 1. The Bertz CT molecular complexity index is 412. The topological polar surface area (TPSA) is 46.5 Å². The van der Waals surface area contributed by atoms with Crippen molar-refractivity contribution in [2.24, 2.45) is 0 Å². The molecule has 1 N–H and O–H groups in total. The van der Waals surface area contributed by atoms with Crippen LogP contribution < -0.4 is 0 Å². The van der Waals surface area contributed by atoms with Crippen molar-refractivity contribution in [2.75, 3.05) is 13.7 Å². The molecule has 0 aliphatic rings. The zero-order chi connectivity index (χ0) is 12.7. The quantitative estimate of drug-likeness (QED) is 0.623. The van der Waals surface area contributed by atoms with Crippen molar-refractivity contribution in [1.29, 1.82) is 0 Å². The molecule has 4 heteroatoms. The molecule has 0 saturated carbocycles. The van der Waals surface area contributed by atoms with E-state index in [-0.39, 0.29) is 6.61 Å². The molecule has 1 aromatic rings. The van der Waals surface area contributed by atoms with Crippen molar-refractivity contribution < 1.29 is 14.1 Å². The molecule has 0 fully saturated rings. The van der Waals surface area contributed by atoms with Gasteiger partial charge in [0.05, 0.1) is 36.0 Å². The van der Waals surface area contributed by atoms with Gasteiger partial charge in [-0.05, 0) is 11.6 Å². The van der Waals surface area contributed by atoms with Crippen LogP contribution in [0.2, 0.25) is 0 Å². The largest absolute Gasteiger partial charge is 0.504 e. The van der Waals surface area contributed by atoms with E-state index in [1.54, 1.807) is 6.08 Å². The highest BCUT2D eigenvalue weighted by molar-refractivity contribution is 7.89. The molecule has 0 unspecified atom stereocenters. The number of rotatable bonds is 6. The highest BCUT2D eigenvalue weighted by Gasteiger charge is 2.19. The van der Waals surface area contributed by atoms with Crippen LogP contribution in [0.3, 0.4) is 0 Å². The van der Waals surface area contributed by atoms with Gasteiger partial charge in [0.25, 0.3) is 0 Å². The molecular formula is C13H16O3S. The number of hydrogen-bond acceptors (Lipinski definition) is 3. The number of methoxy groups -OCH3 is 1. The second-order valence-electron chi connectivity index (χ2n) is 3.38. The summed E-state index contributed by atoms with van der Waals surface area (Å²) in [5.41, 5.74) is 0.834. The molecule has 2 atom stereocenters. The summed E-state index contributed by atoms with van der Waals surface area (Å²) in [6.45, 7) is 3.52. The third-order valence-corrected chi connectivity index (χ3v) is 3.83. The first-order valence-electron chi connectivity index (χ1n) is 5.15. The molecule has 0 aromatic heterocycles. The molecule has 0 bridgehead atoms. The summed E-state index contributed by atoms with van der Waals surface area (Å²) in [6, 6.07) is 9.25. The van der Waals surface area contributed by atoms with Crippen molar-refractivity contribution in [1.82, 2.24) is 0 Å². The fraction of sp³-hybridized carbons (Fsp3) is 0.231. The van der Waals surface area contributed by atoms with Gasteiger partial charge >= 0.3 is 0 Å². The maximum Gasteiger partial charge on any atom is 0.0874 e. The number of ether oxygens (including phenoxy) is 1. The van der Waals surface area contributed by atoms with Gasteiger partial charge < -0.3 is 9.84 Å². The van der Waals surface area contributed by atoms with Crippen LogP contribution in [0.4, 0.5) is 0 Å². The summed E-state index contributed by atoms with van der Waals surface area (Å²) in [5.74, 6) is 0. The van der Waals surface area contributed by atoms with Gasteiger partial charge in [-0.25, -0.2) is 0 Å². The van der Waals surface area contributed by atoms with Crippen LogP contribution in [0.15, 0.2) is 54.2 Å². The maximum atomic E-state index is 12.1. The molecule has 17 heavy (non-hydrogen) atoms. The maximum absolute atomic E-state index is 12.1. The lowest BCUT2D eigenvalue weighted by Crippen LogP contribution is -2.11. The molecule has 1 aromatic carbocycles. The van der Waals surface area contributed by atoms with Crippen molar-refractivity contribution in [3.63, 3.8) is 0 Å². The molecule has 0 aliphatic carbocycles.